The Morgan fingerprint density at radius 2 is 1.92 bits per heavy atom. The van der Waals surface area contributed by atoms with Gasteiger partial charge in [-0.2, -0.15) is 0 Å². The summed E-state index contributed by atoms with van der Waals surface area (Å²) in [6, 6.07) is 8.67. The largest absolute Gasteiger partial charge is 0.488 e. The Morgan fingerprint density at radius 1 is 1.14 bits per heavy atom. The van der Waals surface area contributed by atoms with Gasteiger partial charge < -0.3 is 15.0 Å². The number of carbonyl (C=O) groups is 1. The number of fused-ring (bicyclic) bond motifs is 1. The van der Waals surface area contributed by atoms with E-state index in [1.54, 1.807) is 0 Å². The van der Waals surface area contributed by atoms with Gasteiger partial charge in [0.25, 0.3) is 0 Å². The number of piperidine rings is 1. The van der Waals surface area contributed by atoms with Crippen LogP contribution < -0.4 is 10.1 Å². The van der Waals surface area contributed by atoms with Crippen molar-refractivity contribution in [3.05, 3.63) is 36.0 Å². The van der Waals surface area contributed by atoms with Crippen molar-refractivity contribution in [2.75, 3.05) is 26.2 Å². The third-order valence-corrected chi connectivity index (χ3v) is 8.13. The molecule has 5 nitrogen and oxygen atoms in total. The molecule has 1 amide bonds. The van der Waals surface area contributed by atoms with E-state index >= 15 is 0 Å². The lowest BCUT2D eigenvalue weighted by molar-refractivity contribution is -0.126. The highest BCUT2D eigenvalue weighted by Crippen LogP contribution is 2.32. The van der Waals surface area contributed by atoms with Crippen LogP contribution in [0, 0.1) is 17.8 Å². The minimum Gasteiger partial charge on any atom is -0.488 e. The van der Waals surface area contributed by atoms with Crippen LogP contribution in [0.15, 0.2) is 30.5 Å². The van der Waals surface area contributed by atoms with Crippen LogP contribution in [0.1, 0.15) is 84.1 Å². The smallest absolute Gasteiger partial charge is 0.223 e. The molecule has 4 rings (SSSR count). The number of hydrogen-bond acceptors (Lipinski definition) is 4. The van der Waals surface area contributed by atoms with E-state index in [0.717, 1.165) is 75.3 Å². The second-order valence-electron chi connectivity index (χ2n) is 11.6. The van der Waals surface area contributed by atoms with Gasteiger partial charge in [-0.25, -0.2) is 0 Å². The predicted molar refractivity (Wildman–Crippen MR) is 148 cm³/mol. The van der Waals surface area contributed by atoms with Crippen molar-refractivity contribution in [1.29, 1.82) is 0 Å². The summed E-state index contributed by atoms with van der Waals surface area (Å²) in [7, 11) is 0. The highest BCUT2D eigenvalue weighted by atomic mass is 16.5. The first-order chi connectivity index (χ1) is 17.5. The first kappa shape index (κ1) is 26.9. The van der Waals surface area contributed by atoms with Gasteiger partial charge in [-0.1, -0.05) is 33.3 Å². The van der Waals surface area contributed by atoms with Gasteiger partial charge in [0.05, 0.1) is 0 Å². The third kappa shape index (κ3) is 7.68. The summed E-state index contributed by atoms with van der Waals surface area (Å²) in [6.07, 6.45) is 13.3. The standard InChI is InChI=1S/C31H47N3O2/c1-4-5-7-25-20-27-8-6-16-32-30(27)29(21-25)36-28-14-18-34(19-15-28)22-24-9-11-26(12-10-24)31(35)33-17-13-23(2)3/h6,8,16,20-21,23-24,26,28H,4-5,7,9-15,17-19,22H2,1-3H3,(H,33,35)/t24-,26-. The maximum atomic E-state index is 12.5. The third-order valence-electron chi connectivity index (χ3n) is 8.13. The molecule has 1 N–H and O–H groups in total. The van der Waals surface area contributed by atoms with Crippen LogP contribution in [0.25, 0.3) is 10.9 Å². The lowest BCUT2D eigenvalue weighted by Crippen LogP contribution is -2.42. The Labute approximate surface area is 218 Å². The lowest BCUT2D eigenvalue weighted by Gasteiger charge is -2.36. The highest BCUT2D eigenvalue weighted by Gasteiger charge is 2.29. The number of likely N-dealkylation sites (tertiary alicyclic amines) is 1. The zero-order chi connectivity index (χ0) is 25.3. The number of ether oxygens (including phenoxy) is 1. The number of hydrogen-bond donors (Lipinski definition) is 1. The molecule has 1 aromatic heterocycles. The van der Waals surface area contributed by atoms with E-state index in [1.807, 2.05) is 12.3 Å². The Kier molecular flexibility index (Phi) is 10.0. The molecule has 2 aromatic rings. The second-order valence-corrected chi connectivity index (χ2v) is 11.6. The molecular weight excluding hydrogens is 446 g/mol. The van der Waals surface area contributed by atoms with Crippen molar-refractivity contribution in [2.24, 2.45) is 17.8 Å². The van der Waals surface area contributed by atoms with E-state index < -0.39 is 0 Å². The summed E-state index contributed by atoms with van der Waals surface area (Å²) in [5.41, 5.74) is 2.35. The van der Waals surface area contributed by atoms with Gasteiger partial charge in [0.2, 0.25) is 5.91 Å². The van der Waals surface area contributed by atoms with Crippen molar-refractivity contribution in [2.45, 2.75) is 91.1 Å². The molecule has 2 aliphatic rings. The van der Waals surface area contributed by atoms with Crippen molar-refractivity contribution in [3.63, 3.8) is 0 Å². The number of aromatic nitrogens is 1. The fraction of sp³-hybridized carbons (Fsp3) is 0.677. The topological polar surface area (TPSA) is 54.5 Å². The molecule has 2 heterocycles. The summed E-state index contributed by atoms with van der Waals surface area (Å²) in [6.45, 7) is 10.8. The van der Waals surface area contributed by atoms with Crippen molar-refractivity contribution < 1.29 is 9.53 Å². The van der Waals surface area contributed by atoms with E-state index in [-0.39, 0.29) is 17.9 Å². The second kappa shape index (κ2) is 13.4. The van der Waals surface area contributed by atoms with E-state index in [9.17, 15) is 4.79 Å². The average Bonchev–Trinajstić information content (AvgIpc) is 2.89. The molecule has 5 heteroatoms. The summed E-state index contributed by atoms with van der Waals surface area (Å²) >= 11 is 0. The van der Waals surface area contributed by atoms with Crippen LogP contribution >= 0.6 is 0 Å². The van der Waals surface area contributed by atoms with E-state index in [4.69, 9.17) is 4.74 Å². The normalized spacial score (nSPS) is 21.7. The molecule has 1 aliphatic heterocycles. The highest BCUT2D eigenvalue weighted by molar-refractivity contribution is 5.85. The number of benzene rings is 1. The molecule has 0 bridgehead atoms. The number of aryl methyl sites for hydroxylation is 1. The van der Waals surface area contributed by atoms with Crippen LogP contribution in [-0.2, 0) is 11.2 Å². The van der Waals surface area contributed by atoms with Crippen LogP contribution in [0.3, 0.4) is 0 Å². The molecule has 1 saturated carbocycles. The Morgan fingerprint density at radius 3 is 2.64 bits per heavy atom. The van der Waals surface area contributed by atoms with Gasteiger partial charge in [0, 0.05) is 43.7 Å². The van der Waals surface area contributed by atoms with E-state index in [0.29, 0.717) is 5.92 Å². The summed E-state index contributed by atoms with van der Waals surface area (Å²) in [4.78, 5) is 19.7. The maximum absolute atomic E-state index is 12.5. The summed E-state index contributed by atoms with van der Waals surface area (Å²) < 4.78 is 6.58. The minimum absolute atomic E-state index is 0.226. The molecule has 1 saturated heterocycles. The van der Waals surface area contributed by atoms with Crippen LogP contribution in [0.4, 0.5) is 0 Å². The number of carbonyl (C=O) groups excluding carboxylic acids is 1. The Bertz CT molecular complexity index is 959. The van der Waals surface area contributed by atoms with Crippen molar-refractivity contribution in [1.82, 2.24) is 15.2 Å². The maximum Gasteiger partial charge on any atom is 0.223 e. The molecule has 198 valence electrons. The Hall–Kier alpha value is -2.14. The van der Waals surface area contributed by atoms with Gasteiger partial charge in [0.1, 0.15) is 17.4 Å². The fourth-order valence-electron chi connectivity index (χ4n) is 5.82. The lowest BCUT2D eigenvalue weighted by atomic mass is 9.81. The van der Waals surface area contributed by atoms with Gasteiger partial charge in [-0.05, 0) is 93.4 Å². The molecule has 0 atom stereocenters. The molecule has 1 aromatic carbocycles. The van der Waals surface area contributed by atoms with E-state index in [2.05, 4.69) is 54.2 Å². The molecule has 0 spiro atoms. The van der Waals surface area contributed by atoms with Crippen LogP contribution in [0.2, 0.25) is 0 Å². The average molecular weight is 494 g/mol. The molecule has 2 fully saturated rings. The monoisotopic (exact) mass is 493 g/mol. The van der Waals surface area contributed by atoms with Gasteiger partial charge in [-0.15, -0.1) is 0 Å². The van der Waals surface area contributed by atoms with Crippen LogP contribution in [-0.4, -0.2) is 48.1 Å². The van der Waals surface area contributed by atoms with Crippen LogP contribution in [0.5, 0.6) is 5.75 Å². The van der Waals surface area contributed by atoms with Crippen molar-refractivity contribution in [3.8, 4) is 5.75 Å². The first-order valence-corrected chi connectivity index (χ1v) is 14.6. The molecule has 0 unspecified atom stereocenters. The van der Waals surface area contributed by atoms with E-state index in [1.165, 1.54) is 43.2 Å². The zero-order valence-electron chi connectivity index (χ0n) is 22.8. The first-order valence-electron chi connectivity index (χ1n) is 14.6. The molecule has 36 heavy (non-hydrogen) atoms. The number of nitrogens with one attached hydrogen (secondary N) is 1. The summed E-state index contributed by atoms with van der Waals surface area (Å²) in [5.74, 6) is 2.84. The molecule has 1 aliphatic carbocycles. The number of pyridine rings is 1. The number of rotatable bonds is 11. The molecule has 0 radical (unpaired) electrons. The van der Waals surface area contributed by atoms with Crippen molar-refractivity contribution >= 4 is 16.8 Å². The quantitative estimate of drug-likeness (QED) is 0.394. The number of amides is 1. The minimum atomic E-state index is 0.226. The zero-order valence-corrected chi connectivity index (χ0v) is 22.8. The Balaban J connectivity index is 1.22. The summed E-state index contributed by atoms with van der Waals surface area (Å²) in [5, 5.41) is 4.34. The van der Waals surface area contributed by atoms with Gasteiger partial charge in [-0.3, -0.25) is 9.78 Å². The van der Waals surface area contributed by atoms with Gasteiger partial charge in [0.15, 0.2) is 0 Å². The SMILES string of the molecule is CCCCc1cc(OC2CCN(C[C@H]3CC[C@H](C(=O)NCCC(C)C)CC3)CC2)c2ncccc2c1. The number of unbranched alkanes of at least 4 members (excludes halogenated alkanes) is 1. The number of nitrogens with zero attached hydrogens (tertiary/aromatic N) is 2. The molecular formula is C31H47N3O2. The fourth-order valence-corrected chi connectivity index (χ4v) is 5.82. The van der Waals surface area contributed by atoms with Gasteiger partial charge >= 0.3 is 0 Å². The predicted octanol–water partition coefficient (Wildman–Crippen LogP) is 6.39.